The third kappa shape index (κ3) is 5.70. The number of anilines is 1. The number of rotatable bonds is 6. The summed E-state index contributed by atoms with van der Waals surface area (Å²) in [6.07, 6.45) is 0. The van der Waals surface area contributed by atoms with Crippen LogP contribution in [0.1, 0.15) is 11.6 Å². The van der Waals surface area contributed by atoms with Gasteiger partial charge in [-0.1, -0.05) is 53.5 Å². The number of benzene rings is 2. The van der Waals surface area contributed by atoms with Crippen molar-refractivity contribution in [2.45, 2.75) is 6.04 Å². The average Bonchev–Trinajstić information content (AvgIpc) is 2.69. The fourth-order valence-corrected chi connectivity index (χ4v) is 3.97. The van der Waals surface area contributed by atoms with Crippen LogP contribution in [-0.2, 0) is 14.3 Å². The van der Waals surface area contributed by atoms with Crippen LogP contribution >= 0.6 is 23.2 Å². The topological polar surface area (TPSA) is 61.9 Å². The predicted molar refractivity (Wildman–Crippen MR) is 114 cm³/mol. The molecule has 0 spiro atoms. The van der Waals surface area contributed by atoms with Gasteiger partial charge in [0, 0.05) is 49.0 Å². The minimum Gasteiger partial charge on any atom is -0.375 e. The van der Waals surface area contributed by atoms with Crippen LogP contribution in [0.5, 0.6) is 0 Å². The summed E-state index contributed by atoms with van der Waals surface area (Å²) in [4.78, 5) is 29.1. The normalized spacial score (nSPS) is 15.8. The van der Waals surface area contributed by atoms with Crippen molar-refractivity contribution in [1.29, 1.82) is 0 Å². The molecular formula is C21H23Cl2N3O3. The molecule has 1 fully saturated rings. The van der Waals surface area contributed by atoms with E-state index in [1.165, 1.54) is 7.11 Å². The molecule has 29 heavy (non-hydrogen) atoms. The fraction of sp³-hybridized carbons (Fsp3) is 0.333. The van der Waals surface area contributed by atoms with E-state index in [9.17, 15) is 9.59 Å². The molecule has 1 N–H and O–H groups in total. The Morgan fingerprint density at radius 3 is 2.24 bits per heavy atom. The predicted octanol–water partition coefficient (Wildman–Crippen LogP) is 3.46. The van der Waals surface area contributed by atoms with Crippen LogP contribution in [-0.4, -0.2) is 61.5 Å². The van der Waals surface area contributed by atoms with Crippen molar-refractivity contribution in [3.8, 4) is 0 Å². The Labute approximate surface area is 180 Å². The highest BCUT2D eigenvalue weighted by atomic mass is 35.5. The highest BCUT2D eigenvalue weighted by molar-refractivity contribution is 6.35. The number of carbonyl (C=O) groups is 2. The lowest BCUT2D eigenvalue weighted by atomic mass is 10.0. The van der Waals surface area contributed by atoms with E-state index in [0.717, 1.165) is 5.56 Å². The first-order valence-corrected chi connectivity index (χ1v) is 10.1. The highest BCUT2D eigenvalue weighted by Crippen LogP contribution is 2.27. The number of halogens is 2. The maximum atomic E-state index is 13.2. The van der Waals surface area contributed by atoms with Crippen molar-refractivity contribution in [3.05, 3.63) is 64.1 Å². The Hall–Kier alpha value is -2.12. The third-order valence-electron chi connectivity index (χ3n) is 4.79. The second-order valence-corrected chi connectivity index (χ2v) is 7.68. The Bertz CT molecular complexity index is 835. The standard InChI is InChI=1S/C21H23Cl2N3O3/c1-29-14-19(27)25-7-9-26(10-8-25)20(15-5-3-2-4-6-15)21(28)24-18-12-16(22)11-17(23)13-18/h2-6,11-13,20H,7-10,14H2,1H3,(H,24,28). The summed E-state index contributed by atoms with van der Waals surface area (Å²) < 4.78 is 4.93. The molecular weight excluding hydrogens is 413 g/mol. The van der Waals surface area contributed by atoms with Gasteiger partial charge in [0.2, 0.25) is 11.8 Å². The molecule has 3 rings (SSSR count). The van der Waals surface area contributed by atoms with Gasteiger partial charge in [-0.25, -0.2) is 0 Å². The SMILES string of the molecule is COCC(=O)N1CCN(C(C(=O)Nc2cc(Cl)cc(Cl)c2)c2ccccc2)CC1. The van der Waals surface area contributed by atoms with E-state index in [4.69, 9.17) is 27.9 Å². The number of nitrogens with one attached hydrogen (secondary N) is 1. The van der Waals surface area contributed by atoms with Gasteiger partial charge < -0.3 is 15.0 Å². The van der Waals surface area contributed by atoms with E-state index < -0.39 is 6.04 Å². The van der Waals surface area contributed by atoms with Crippen molar-refractivity contribution < 1.29 is 14.3 Å². The fourth-order valence-electron chi connectivity index (χ4n) is 3.44. The van der Waals surface area contributed by atoms with Gasteiger partial charge in [-0.3, -0.25) is 14.5 Å². The van der Waals surface area contributed by atoms with Gasteiger partial charge in [-0.05, 0) is 23.8 Å². The van der Waals surface area contributed by atoms with Crippen LogP contribution in [0.15, 0.2) is 48.5 Å². The van der Waals surface area contributed by atoms with Crippen LogP contribution in [0.4, 0.5) is 5.69 Å². The molecule has 1 atom stereocenters. The Kier molecular flexibility index (Phi) is 7.50. The zero-order valence-corrected chi connectivity index (χ0v) is 17.6. The molecule has 0 aliphatic carbocycles. The zero-order valence-electron chi connectivity index (χ0n) is 16.1. The molecule has 0 saturated carbocycles. The molecule has 2 aromatic rings. The third-order valence-corrected chi connectivity index (χ3v) is 5.23. The number of nitrogens with zero attached hydrogens (tertiary/aromatic N) is 2. The monoisotopic (exact) mass is 435 g/mol. The smallest absolute Gasteiger partial charge is 0.248 e. The van der Waals surface area contributed by atoms with Gasteiger partial charge in [0.1, 0.15) is 12.6 Å². The van der Waals surface area contributed by atoms with Crippen LogP contribution in [0.2, 0.25) is 10.0 Å². The Balaban J connectivity index is 1.77. The molecule has 2 aromatic carbocycles. The number of amides is 2. The van der Waals surface area contributed by atoms with Crippen molar-refractivity contribution in [2.75, 3.05) is 45.2 Å². The van der Waals surface area contributed by atoms with E-state index >= 15 is 0 Å². The van der Waals surface area contributed by atoms with Gasteiger partial charge in [-0.15, -0.1) is 0 Å². The summed E-state index contributed by atoms with van der Waals surface area (Å²) in [5.41, 5.74) is 1.43. The van der Waals surface area contributed by atoms with Crippen molar-refractivity contribution in [3.63, 3.8) is 0 Å². The summed E-state index contributed by atoms with van der Waals surface area (Å²) >= 11 is 12.1. The lowest BCUT2D eigenvalue weighted by Gasteiger charge is -2.38. The summed E-state index contributed by atoms with van der Waals surface area (Å²) in [6, 6.07) is 14.0. The maximum Gasteiger partial charge on any atom is 0.248 e. The van der Waals surface area contributed by atoms with Crippen LogP contribution in [0.25, 0.3) is 0 Å². The Morgan fingerprint density at radius 2 is 1.66 bits per heavy atom. The van der Waals surface area contributed by atoms with E-state index in [2.05, 4.69) is 10.2 Å². The molecule has 1 aliphatic rings. The number of ether oxygens (including phenoxy) is 1. The van der Waals surface area contributed by atoms with Gasteiger partial charge in [0.15, 0.2) is 0 Å². The molecule has 1 aliphatic heterocycles. The van der Waals surface area contributed by atoms with Crippen LogP contribution < -0.4 is 5.32 Å². The number of carbonyl (C=O) groups excluding carboxylic acids is 2. The minimum atomic E-state index is -0.492. The van der Waals surface area contributed by atoms with Crippen LogP contribution in [0.3, 0.4) is 0 Å². The molecule has 6 nitrogen and oxygen atoms in total. The van der Waals surface area contributed by atoms with Crippen molar-refractivity contribution in [1.82, 2.24) is 9.80 Å². The molecule has 1 saturated heterocycles. The van der Waals surface area contributed by atoms with Crippen molar-refractivity contribution >= 4 is 40.7 Å². The summed E-state index contributed by atoms with van der Waals surface area (Å²) in [6.45, 7) is 2.32. The van der Waals surface area contributed by atoms with Gasteiger partial charge >= 0.3 is 0 Å². The number of hydrogen-bond acceptors (Lipinski definition) is 4. The largest absolute Gasteiger partial charge is 0.375 e. The zero-order chi connectivity index (χ0) is 20.8. The first kappa shape index (κ1) is 21.6. The lowest BCUT2D eigenvalue weighted by molar-refractivity contribution is -0.137. The number of hydrogen-bond donors (Lipinski definition) is 1. The molecule has 154 valence electrons. The minimum absolute atomic E-state index is 0.0403. The number of methoxy groups -OCH3 is 1. The summed E-state index contributed by atoms with van der Waals surface area (Å²) in [5.74, 6) is -0.215. The molecule has 1 heterocycles. The van der Waals surface area contributed by atoms with Gasteiger partial charge in [0.05, 0.1) is 0 Å². The number of piperazine rings is 1. The quantitative estimate of drug-likeness (QED) is 0.754. The molecule has 0 bridgehead atoms. The van der Waals surface area contributed by atoms with E-state index in [0.29, 0.717) is 41.9 Å². The molecule has 8 heteroatoms. The van der Waals surface area contributed by atoms with Gasteiger partial charge in [0.25, 0.3) is 0 Å². The second-order valence-electron chi connectivity index (χ2n) is 6.81. The van der Waals surface area contributed by atoms with E-state index in [1.807, 2.05) is 30.3 Å². The molecule has 0 radical (unpaired) electrons. The van der Waals surface area contributed by atoms with E-state index in [1.54, 1.807) is 23.1 Å². The summed E-state index contributed by atoms with van der Waals surface area (Å²) in [7, 11) is 1.51. The highest BCUT2D eigenvalue weighted by Gasteiger charge is 2.31. The molecule has 2 amide bonds. The average molecular weight is 436 g/mol. The van der Waals surface area contributed by atoms with Crippen LogP contribution in [0, 0.1) is 0 Å². The van der Waals surface area contributed by atoms with Crippen molar-refractivity contribution in [2.24, 2.45) is 0 Å². The maximum absolute atomic E-state index is 13.2. The molecule has 1 unspecified atom stereocenters. The first-order valence-electron chi connectivity index (χ1n) is 9.30. The lowest BCUT2D eigenvalue weighted by Crippen LogP contribution is -2.52. The van der Waals surface area contributed by atoms with E-state index in [-0.39, 0.29) is 18.4 Å². The molecule has 0 aromatic heterocycles. The second kappa shape index (κ2) is 10.1. The Morgan fingerprint density at radius 1 is 1.03 bits per heavy atom. The summed E-state index contributed by atoms with van der Waals surface area (Å²) in [5, 5.41) is 3.83. The first-order chi connectivity index (χ1) is 14.0. The van der Waals surface area contributed by atoms with Gasteiger partial charge in [-0.2, -0.15) is 0 Å².